The lowest BCUT2D eigenvalue weighted by Gasteiger charge is -2.12. The molecule has 6 heteroatoms. The highest BCUT2D eigenvalue weighted by atomic mass is 19.1. The van der Waals surface area contributed by atoms with Crippen molar-refractivity contribution in [2.24, 2.45) is 0 Å². The normalized spacial score (nSPS) is 11.4. The summed E-state index contributed by atoms with van der Waals surface area (Å²) >= 11 is 0. The van der Waals surface area contributed by atoms with E-state index in [2.05, 4.69) is 15.5 Å². The molecule has 0 radical (unpaired) electrons. The number of carbonyl (C=O) groups excluding carboxylic acids is 1. The fourth-order valence-electron chi connectivity index (χ4n) is 1.56. The summed E-state index contributed by atoms with van der Waals surface area (Å²) in [5.41, 5.74) is 1.15. The first kappa shape index (κ1) is 14.2. The SMILES string of the molecule is CC(C)(C)c1cc(C(=O)NCc2ccnc(F)c2)on1. The predicted octanol–water partition coefficient (Wildman–Crippen LogP) is 2.44. The Morgan fingerprint density at radius 2 is 2.15 bits per heavy atom. The van der Waals surface area contributed by atoms with Crippen LogP contribution in [0.15, 0.2) is 28.9 Å². The summed E-state index contributed by atoms with van der Waals surface area (Å²) in [6.45, 7) is 6.13. The molecule has 1 amide bonds. The quantitative estimate of drug-likeness (QED) is 0.875. The molecule has 0 atom stereocenters. The Kier molecular flexibility index (Phi) is 3.83. The van der Waals surface area contributed by atoms with Gasteiger partial charge in [-0.15, -0.1) is 0 Å². The van der Waals surface area contributed by atoms with Gasteiger partial charge in [0.25, 0.3) is 5.91 Å². The topological polar surface area (TPSA) is 68.0 Å². The third kappa shape index (κ3) is 3.40. The van der Waals surface area contributed by atoms with Gasteiger partial charge in [0.15, 0.2) is 0 Å². The molecule has 5 nitrogen and oxygen atoms in total. The molecule has 106 valence electrons. The summed E-state index contributed by atoms with van der Waals surface area (Å²) in [7, 11) is 0. The molecule has 2 rings (SSSR count). The fourth-order valence-corrected chi connectivity index (χ4v) is 1.56. The van der Waals surface area contributed by atoms with Crippen LogP contribution in [0.3, 0.4) is 0 Å². The molecule has 0 unspecified atom stereocenters. The van der Waals surface area contributed by atoms with Crippen molar-refractivity contribution >= 4 is 5.91 Å². The zero-order valence-electron chi connectivity index (χ0n) is 11.6. The summed E-state index contributed by atoms with van der Waals surface area (Å²) in [4.78, 5) is 15.3. The van der Waals surface area contributed by atoms with Crippen molar-refractivity contribution in [2.45, 2.75) is 32.7 Å². The zero-order chi connectivity index (χ0) is 14.8. The molecule has 0 fully saturated rings. The highest BCUT2D eigenvalue weighted by Crippen LogP contribution is 2.21. The summed E-state index contributed by atoms with van der Waals surface area (Å²) < 4.78 is 17.9. The number of hydrogen-bond acceptors (Lipinski definition) is 4. The number of rotatable bonds is 3. The van der Waals surface area contributed by atoms with Crippen LogP contribution in [0.1, 0.15) is 42.6 Å². The van der Waals surface area contributed by atoms with Gasteiger partial charge in [-0.1, -0.05) is 25.9 Å². The second-order valence-electron chi connectivity index (χ2n) is 5.50. The van der Waals surface area contributed by atoms with Crippen LogP contribution in [-0.2, 0) is 12.0 Å². The second kappa shape index (κ2) is 5.40. The average Bonchev–Trinajstić information content (AvgIpc) is 2.85. The lowest BCUT2D eigenvalue weighted by molar-refractivity contribution is 0.0913. The third-order valence-corrected chi connectivity index (χ3v) is 2.75. The number of amides is 1. The maximum absolute atomic E-state index is 12.9. The lowest BCUT2D eigenvalue weighted by atomic mass is 9.92. The Morgan fingerprint density at radius 3 is 2.75 bits per heavy atom. The average molecular weight is 277 g/mol. The molecule has 0 aromatic carbocycles. The van der Waals surface area contributed by atoms with Crippen molar-refractivity contribution in [3.63, 3.8) is 0 Å². The first-order valence-corrected chi connectivity index (χ1v) is 6.22. The minimum absolute atomic E-state index is 0.143. The van der Waals surface area contributed by atoms with E-state index in [-0.39, 0.29) is 23.6 Å². The maximum Gasteiger partial charge on any atom is 0.290 e. The minimum Gasteiger partial charge on any atom is -0.351 e. The first-order chi connectivity index (χ1) is 9.36. The highest BCUT2D eigenvalue weighted by Gasteiger charge is 2.21. The van der Waals surface area contributed by atoms with Crippen LogP contribution in [0.5, 0.6) is 0 Å². The van der Waals surface area contributed by atoms with Gasteiger partial charge in [-0.25, -0.2) is 4.98 Å². The summed E-state index contributed by atoms with van der Waals surface area (Å²) in [5.74, 6) is -0.818. The van der Waals surface area contributed by atoms with Crippen LogP contribution in [0.25, 0.3) is 0 Å². The van der Waals surface area contributed by atoms with Crippen LogP contribution in [0.2, 0.25) is 0 Å². The number of hydrogen-bond donors (Lipinski definition) is 1. The van der Waals surface area contributed by atoms with E-state index >= 15 is 0 Å². The Labute approximate surface area is 116 Å². The van der Waals surface area contributed by atoms with E-state index in [1.54, 1.807) is 12.1 Å². The van der Waals surface area contributed by atoms with Crippen LogP contribution >= 0.6 is 0 Å². The van der Waals surface area contributed by atoms with Gasteiger partial charge in [0.05, 0.1) is 5.69 Å². The number of aromatic nitrogens is 2. The van der Waals surface area contributed by atoms with E-state index in [1.807, 2.05) is 20.8 Å². The van der Waals surface area contributed by atoms with E-state index in [0.717, 1.165) is 0 Å². The van der Waals surface area contributed by atoms with Crippen LogP contribution in [-0.4, -0.2) is 16.0 Å². The van der Waals surface area contributed by atoms with Crippen molar-refractivity contribution in [1.29, 1.82) is 0 Å². The molecule has 0 aliphatic carbocycles. The number of nitrogens with zero attached hydrogens (tertiary/aromatic N) is 2. The van der Waals surface area contributed by atoms with Gasteiger partial charge in [0, 0.05) is 24.2 Å². The van der Waals surface area contributed by atoms with Gasteiger partial charge in [-0.3, -0.25) is 4.79 Å². The van der Waals surface area contributed by atoms with E-state index in [0.29, 0.717) is 11.3 Å². The van der Waals surface area contributed by atoms with E-state index < -0.39 is 5.95 Å². The van der Waals surface area contributed by atoms with Crippen molar-refractivity contribution in [2.75, 3.05) is 0 Å². The zero-order valence-corrected chi connectivity index (χ0v) is 11.6. The third-order valence-electron chi connectivity index (χ3n) is 2.75. The molecule has 20 heavy (non-hydrogen) atoms. The number of carbonyl (C=O) groups is 1. The van der Waals surface area contributed by atoms with Crippen LogP contribution in [0, 0.1) is 5.95 Å². The van der Waals surface area contributed by atoms with Gasteiger partial charge >= 0.3 is 0 Å². The summed E-state index contributed by atoms with van der Waals surface area (Å²) in [5, 5.41) is 6.51. The largest absolute Gasteiger partial charge is 0.351 e. The smallest absolute Gasteiger partial charge is 0.290 e. The molecule has 2 aromatic heterocycles. The van der Waals surface area contributed by atoms with Gasteiger partial charge in [-0.2, -0.15) is 4.39 Å². The molecule has 0 saturated carbocycles. The molecule has 0 spiro atoms. The van der Waals surface area contributed by atoms with Crippen molar-refractivity contribution in [3.8, 4) is 0 Å². The van der Waals surface area contributed by atoms with Gasteiger partial charge in [0.2, 0.25) is 11.7 Å². The Bertz CT molecular complexity index is 617. The number of nitrogens with one attached hydrogen (secondary N) is 1. The van der Waals surface area contributed by atoms with E-state index in [9.17, 15) is 9.18 Å². The molecule has 0 bridgehead atoms. The van der Waals surface area contributed by atoms with Crippen molar-refractivity contribution < 1.29 is 13.7 Å². The lowest BCUT2D eigenvalue weighted by Crippen LogP contribution is -2.22. The summed E-state index contributed by atoms with van der Waals surface area (Å²) in [6.07, 6.45) is 1.35. The van der Waals surface area contributed by atoms with Crippen LogP contribution in [0.4, 0.5) is 4.39 Å². The highest BCUT2D eigenvalue weighted by molar-refractivity contribution is 5.91. The molecule has 0 saturated heterocycles. The molecule has 0 aliphatic heterocycles. The molecule has 2 aromatic rings. The minimum atomic E-state index is -0.577. The van der Waals surface area contributed by atoms with E-state index in [1.165, 1.54) is 12.3 Å². The van der Waals surface area contributed by atoms with Gasteiger partial charge in [-0.05, 0) is 17.7 Å². The monoisotopic (exact) mass is 277 g/mol. The van der Waals surface area contributed by atoms with Crippen molar-refractivity contribution in [1.82, 2.24) is 15.5 Å². The molecular weight excluding hydrogens is 261 g/mol. The second-order valence-corrected chi connectivity index (χ2v) is 5.50. The summed E-state index contributed by atoms with van der Waals surface area (Å²) in [6, 6.07) is 4.51. The van der Waals surface area contributed by atoms with Crippen LogP contribution < -0.4 is 5.32 Å². The number of pyridine rings is 1. The maximum atomic E-state index is 12.9. The molecule has 2 heterocycles. The van der Waals surface area contributed by atoms with Crippen molar-refractivity contribution in [3.05, 3.63) is 47.4 Å². The molecule has 0 aliphatic rings. The molecular formula is C14H16FN3O2. The first-order valence-electron chi connectivity index (χ1n) is 6.22. The van der Waals surface area contributed by atoms with Gasteiger partial charge in [0.1, 0.15) is 0 Å². The predicted molar refractivity (Wildman–Crippen MR) is 70.6 cm³/mol. The molecule has 1 N–H and O–H groups in total. The Balaban J connectivity index is 2.00. The van der Waals surface area contributed by atoms with Gasteiger partial charge < -0.3 is 9.84 Å². The fraction of sp³-hybridized carbons (Fsp3) is 0.357. The Hall–Kier alpha value is -2.24. The van der Waals surface area contributed by atoms with E-state index in [4.69, 9.17) is 4.52 Å². The number of halogens is 1. The standard InChI is InChI=1S/C14H16FN3O2/c1-14(2,3)11-7-10(20-18-11)13(19)17-8-9-4-5-16-12(15)6-9/h4-7H,8H2,1-3H3,(H,17,19). The Morgan fingerprint density at radius 1 is 1.40 bits per heavy atom.